The van der Waals surface area contributed by atoms with E-state index in [2.05, 4.69) is 10.2 Å². The monoisotopic (exact) mass is 168 g/mol. The molecule has 3 heteroatoms. The average Bonchev–Trinajstić information content (AvgIpc) is 2.62. The van der Waals surface area contributed by atoms with Gasteiger partial charge < -0.3 is 0 Å². The van der Waals surface area contributed by atoms with Gasteiger partial charge in [-0.15, -0.1) is 0 Å². The van der Waals surface area contributed by atoms with Crippen LogP contribution in [-0.2, 0) is 4.79 Å². The Morgan fingerprint density at radius 3 is 2.17 bits per heavy atom. The Hall–Kier alpha value is -0.730. The highest BCUT2D eigenvalue weighted by molar-refractivity contribution is 5.83. The summed E-state index contributed by atoms with van der Waals surface area (Å²) in [6.07, 6.45) is 1.36. The van der Waals surface area contributed by atoms with Crippen molar-refractivity contribution in [2.45, 2.75) is 46.2 Å². The Balaban J connectivity index is 2.28. The summed E-state index contributed by atoms with van der Waals surface area (Å²) in [4.78, 5) is 11.5. The molecule has 0 spiro atoms. The van der Waals surface area contributed by atoms with E-state index in [1.807, 2.05) is 27.7 Å². The SMILES string of the molecule is CC1(CCC(=O)C(C)(C)C)N=N1. The Labute approximate surface area is 73.3 Å². The highest BCUT2D eigenvalue weighted by Crippen LogP contribution is 2.33. The van der Waals surface area contributed by atoms with Gasteiger partial charge in [0, 0.05) is 18.3 Å². The molecule has 0 atom stereocenters. The molecule has 1 heterocycles. The van der Waals surface area contributed by atoms with E-state index in [9.17, 15) is 4.79 Å². The zero-order valence-electron chi connectivity index (χ0n) is 8.22. The lowest BCUT2D eigenvalue weighted by molar-refractivity contribution is -0.126. The summed E-state index contributed by atoms with van der Waals surface area (Å²) in [5.74, 6) is 0.293. The van der Waals surface area contributed by atoms with Crippen molar-refractivity contribution in [2.75, 3.05) is 0 Å². The van der Waals surface area contributed by atoms with E-state index >= 15 is 0 Å². The third-order valence-electron chi connectivity index (χ3n) is 2.10. The van der Waals surface area contributed by atoms with Crippen molar-refractivity contribution in [2.24, 2.45) is 15.6 Å². The van der Waals surface area contributed by atoms with Crippen LogP contribution >= 0.6 is 0 Å². The summed E-state index contributed by atoms with van der Waals surface area (Å²) in [7, 11) is 0. The molecular weight excluding hydrogens is 152 g/mol. The molecule has 1 rings (SSSR count). The van der Waals surface area contributed by atoms with Crippen LogP contribution in [0, 0.1) is 5.41 Å². The molecule has 0 amide bonds. The fourth-order valence-corrected chi connectivity index (χ4v) is 0.911. The molecule has 0 aromatic rings. The quantitative estimate of drug-likeness (QED) is 0.638. The number of rotatable bonds is 3. The summed E-state index contributed by atoms with van der Waals surface area (Å²) >= 11 is 0. The van der Waals surface area contributed by atoms with Crippen molar-refractivity contribution in [3.05, 3.63) is 0 Å². The minimum Gasteiger partial charge on any atom is -0.299 e. The lowest BCUT2D eigenvalue weighted by Gasteiger charge is -2.16. The Bertz CT molecular complexity index is 219. The first kappa shape index (κ1) is 9.36. The van der Waals surface area contributed by atoms with Crippen molar-refractivity contribution in [1.82, 2.24) is 0 Å². The van der Waals surface area contributed by atoms with Crippen LogP contribution in [0.4, 0.5) is 0 Å². The number of carbonyl (C=O) groups is 1. The molecule has 3 nitrogen and oxygen atoms in total. The molecule has 0 aromatic carbocycles. The number of hydrogen-bond donors (Lipinski definition) is 0. The van der Waals surface area contributed by atoms with E-state index in [0.717, 1.165) is 6.42 Å². The maximum Gasteiger partial charge on any atom is 0.188 e. The summed E-state index contributed by atoms with van der Waals surface area (Å²) in [5, 5.41) is 7.72. The first-order valence-electron chi connectivity index (χ1n) is 4.31. The van der Waals surface area contributed by atoms with Crippen LogP contribution < -0.4 is 0 Å². The second-order valence-corrected chi connectivity index (χ2v) is 4.59. The highest BCUT2D eigenvalue weighted by atomic mass is 16.1. The van der Waals surface area contributed by atoms with E-state index in [4.69, 9.17) is 0 Å². The van der Waals surface area contributed by atoms with Gasteiger partial charge in [-0.25, -0.2) is 0 Å². The van der Waals surface area contributed by atoms with Crippen LogP contribution in [0.1, 0.15) is 40.5 Å². The summed E-state index contributed by atoms with van der Waals surface area (Å²) in [5.41, 5.74) is -0.438. The number of carbonyl (C=O) groups excluding carboxylic acids is 1. The van der Waals surface area contributed by atoms with Gasteiger partial charge in [0.2, 0.25) is 0 Å². The van der Waals surface area contributed by atoms with E-state index in [1.54, 1.807) is 0 Å². The predicted molar refractivity (Wildman–Crippen MR) is 47.0 cm³/mol. The molecule has 0 bridgehead atoms. The van der Waals surface area contributed by atoms with Gasteiger partial charge >= 0.3 is 0 Å². The fourth-order valence-electron chi connectivity index (χ4n) is 0.911. The van der Waals surface area contributed by atoms with Crippen molar-refractivity contribution in [3.63, 3.8) is 0 Å². The summed E-state index contributed by atoms with van der Waals surface area (Å²) < 4.78 is 0. The second kappa shape index (κ2) is 2.64. The first-order valence-corrected chi connectivity index (χ1v) is 4.31. The predicted octanol–water partition coefficient (Wildman–Crippen LogP) is 2.56. The van der Waals surface area contributed by atoms with Crippen molar-refractivity contribution in [1.29, 1.82) is 0 Å². The van der Waals surface area contributed by atoms with E-state index in [-0.39, 0.29) is 11.1 Å². The standard InChI is InChI=1S/C9H16N2O/c1-8(2,3)7(12)5-6-9(4)10-11-9/h5-6H2,1-4H3. The van der Waals surface area contributed by atoms with Gasteiger partial charge in [0.15, 0.2) is 5.66 Å². The third-order valence-corrected chi connectivity index (χ3v) is 2.10. The van der Waals surface area contributed by atoms with E-state index < -0.39 is 0 Å². The zero-order valence-corrected chi connectivity index (χ0v) is 8.22. The molecule has 1 aliphatic heterocycles. The smallest absolute Gasteiger partial charge is 0.188 e. The Morgan fingerprint density at radius 2 is 1.83 bits per heavy atom. The number of nitrogens with zero attached hydrogens (tertiary/aromatic N) is 2. The molecule has 0 fully saturated rings. The lowest BCUT2D eigenvalue weighted by Crippen LogP contribution is -2.21. The fraction of sp³-hybridized carbons (Fsp3) is 0.889. The van der Waals surface area contributed by atoms with Crippen LogP contribution in [0.5, 0.6) is 0 Å². The molecule has 0 saturated carbocycles. The molecule has 12 heavy (non-hydrogen) atoms. The lowest BCUT2D eigenvalue weighted by atomic mass is 9.87. The van der Waals surface area contributed by atoms with Gasteiger partial charge in [-0.2, -0.15) is 10.2 Å². The molecule has 0 saturated heterocycles. The summed E-state index contributed by atoms with van der Waals surface area (Å²) in [6.45, 7) is 7.78. The molecular formula is C9H16N2O. The van der Waals surface area contributed by atoms with Crippen molar-refractivity contribution in [3.8, 4) is 0 Å². The molecule has 0 N–H and O–H groups in total. The summed E-state index contributed by atoms with van der Waals surface area (Å²) in [6, 6.07) is 0. The Morgan fingerprint density at radius 1 is 1.33 bits per heavy atom. The van der Waals surface area contributed by atoms with Gasteiger partial charge in [0.05, 0.1) is 0 Å². The van der Waals surface area contributed by atoms with E-state index in [0.29, 0.717) is 12.2 Å². The topological polar surface area (TPSA) is 41.8 Å². The van der Waals surface area contributed by atoms with Gasteiger partial charge in [0.25, 0.3) is 0 Å². The van der Waals surface area contributed by atoms with Gasteiger partial charge in [-0.05, 0) is 6.92 Å². The zero-order chi connectivity index (χ0) is 9.41. The Kier molecular flexibility index (Phi) is 2.06. The normalized spacial score (nSPS) is 19.3. The number of Topliss-reactive ketones (excluding diaryl/α,β-unsaturated/α-hetero) is 1. The minimum atomic E-state index is -0.221. The molecule has 0 aliphatic carbocycles. The van der Waals surface area contributed by atoms with Crippen molar-refractivity contribution >= 4 is 5.78 Å². The maximum absolute atomic E-state index is 11.5. The van der Waals surface area contributed by atoms with Crippen LogP contribution in [-0.4, -0.2) is 11.4 Å². The molecule has 0 aromatic heterocycles. The third kappa shape index (κ3) is 2.40. The number of ketones is 1. The maximum atomic E-state index is 11.5. The van der Waals surface area contributed by atoms with Gasteiger partial charge in [0.1, 0.15) is 5.78 Å². The van der Waals surface area contributed by atoms with E-state index in [1.165, 1.54) is 0 Å². The minimum absolute atomic E-state index is 0.217. The first-order chi connectivity index (χ1) is 5.33. The number of hydrogen-bond acceptors (Lipinski definition) is 3. The van der Waals surface area contributed by atoms with Crippen molar-refractivity contribution < 1.29 is 4.79 Å². The average molecular weight is 168 g/mol. The van der Waals surface area contributed by atoms with Crippen LogP contribution in [0.2, 0.25) is 0 Å². The van der Waals surface area contributed by atoms with Crippen LogP contribution in [0.15, 0.2) is 10.2 Å². The molecule has 1 aliphatic rings. The van der Waals surface area contributed by atoms with Gasteiger partial charge in [-0.1, -0.05) is 20.8 Å². The second-order valence-electron chi connectivity index (χ2n) is 4.59. The van der Waals surface area contributed by atoms with Gasteiger partial charge in [-0.3, -0.25) is 4.79 Å². The molecule has 68 valence electrons. The largest absolute Gasteiger partial charge is 0.299 e. The van der Waals surface area contributed by atoms with Crippen LogP contribution in [0.25, 0.3) is 0 Å². The molecule has 0 radical (unpaired) electrons. The molecule has 0 unspecified atom stereocenters. The highest BCUT2D eigenvalue weighted by Gasteiger charge is 2.35. The van der Waals surface area contributed by atoms with Crippen LogP contribution in [0.3, 0.4) is 0 Å².